The van der Waals surface area contributed by atoms with Gasteiger partial charge in [-0.15, -0.1) is 0 Å². The van der Waals surface area contributed by atoms with Gasteiger partial charge in [0.25, 0.3) is 0 Å². The number of aromatic nitrogens is 2. The highest BCUT2D eigenvalue weighted by molar-refractivity contribution is 6.05. The Morgan fingerprint density at radius 1 is 0.929 bits per heavy atom. The Morgan fingerprint density at radius 3 is 2.50 bits per heavy atom. The smallest absolute Gasteiger partial charge is 0.0802 e. The summed E-state index contributed by atoms with van der Waals surface area (Å²) in [6.45, 7) is 11.5. The van der Waals surface area contributed by atoms with Gasteiger partial charge in [-0.05, 0) is 45.7 Å². The fourth-order valence-corrected chi connectivity index (χ4v) is 4.81. The molecule has 2 heterocycles. The summed E-state index contributed by atoms with van der Waals surface area (Å²) in [4.78, 5) is 10.1. The van der Waals surface area contributed by atoms with Crippen LogP contribution in [0.4, 0.5) is 0 Å². The zero-order valence-electron chi connectivity index (χ0n) is 17.3. The van der Waals surface area contributed by atoms with E-state index in [1.165, 1.54) is 38.4 Å². The minimum absolute atomic E-state index is 0.182. The molecule has 2 nitrogen and oxygen atoms in total. The van der Waals surface area contributed by atoms with Crippen molar-refractivity contribution in [2.45, 2.75) is 46.5 Å². The standard InChI is InChI=1S/C26H26N2/c1-25(2,3)15-18-14-17-12-13-27-23-20-11-10-16-8-6-7-9-19(16)22(20)26(4,5)24(28-18)21(17)23/h6-14H,15H2,1-5H3. The number of pyridine rings is 2. The van der Waals surface area contributed by atoms with Crippen LogP contribution in [0.5, 0.6) is 0 Å². The molecule has 0 atom stereocenters. The number of nitrogens with zero attached hydrogens (tertiary/aromatic N) is 2. The number of hydrogen-bond donors (Lipinski definition) is 0. The van der Waals surface area contributed by atoms with E-state index >= 15 is 0 Å². The topological polar surface area (TPSA) is 25.8 Å². The summed E-state index contributed by atoms with van der Waals surface area (Å²) in [6, 6.07) is 17.5. The van der Waals surface area contributed by atoms with Crippen LogP contribution in [-0.2, 0) is 11.8 Å². The molecular weight excluding hydrogens is 340 g/mol. The summed E-state index contributed by atoms with van der Waals surface area (Å²) in [7, 11) is 0. The van der Waals surface area contributed by atoms with Crippen LogP contribution in [0, 0.1) is 5.41 Å². The molecule has 0 N–H and O–H groups in total. The lowest BCUT2D eigenvalue weighted by Gasteiger charge is -2.35. The summed E-state index contributed by atoms with van der Waals surface area (Å²) in [5.41, 5.74) is 6.01. The predicted molar refractivity (Wildman–Crippen MR) is 118 cm³/mol. The van der Waals surface area contributed by atoms with Gasteiger partial charge in [-0.25, -0.2) is 0 Å². The zero-order valence-corrected chi connectivity index (χ0v) is 17.3. The van der Waals surface area contributed by atoms with Gasteiger partial charge in [0.1, 0.15) is 0 Å². The van der Waals surface area contributed by atoms with E-state index < -0.39 is 0 Å². The van der Waals surface area contributed by atoms with Gasteiger partial charge in [-0.3, -0.25) is 9.97 Å². The van der Waals surface area contributed by atoms with E-state index in [4.69, 9.17) is 9.97 Å². The quantitative estimate of drug-likeness (QED) is 0.375. The van der Waals surface area contributed by atoms with Crippen LogP contribution in [0.2, 0.25) is 0 Å². The van der Waals surface area contributed by atoms with E-state index in [0.29, 0.717) is 0 Å². The first-order valence-electron chi connectivity index (χ1n) is 10.1. The van der Waals surface area contributed by atoms with Crippen LogP contribution in [-0.4, -0.2) is 9.97 Å². The van der Waals surface area contributed by atoms with Crippen molar-refractivity contribution in [2.24, 2.45) is 5.41 Å². The lowest BCUT2D eigenvalue weighted by atomic mass is 9.70. The molecule has 1 aliphatic carbocycles. The molecular formula is C26H26N2. The summed E-state index contributed by atoms with van der Waals surface area (Å²) in [6.07, 6.45) is 2.91. The largest absolute Gasteiger partial charge is 0.256 e. The third-order valence-electron chi connectivity index (χ3n) is 5.91. The Morgan fingerprint density at radius 2 is 1.71 bits per heavy atom. The van der Waals surface area contributed by atoms with Gasteiger partial charge >= 0.3 is 0 Å². The highest BCUT2D eigenvalue weighted by Gasteiger charge is 2.37. The molecule has 2 heteroatoms. The molecule has 28 heavy (non-hydrogen) atoms. The summed E-state index contributed by atoms with van der Waals surface area (Å²) >= 11 is 0. The number of fused-ring (bicyclic) bond motifs is 4. The fraction of sp³-hybridized carbons (Fsp3) is 0.308. The fourth-order valence-electron chi connectivity index (χ4n) is 4.81. The van der Waals surface area contributed by atoms with Gasteiger partial charge in [-0.2, -0.15) is 0 Å². The average Bonchev–Trinajstić information content (AvgIpc) is 2.63. The Hall–Kier alpha value is -2.74. The Bertz CT molecular complexity index is 1240. The van der Waals surface area contributed by atoms with Crippen molar-refractivity contribution in [3.05, 3.63) is 71.7 Å². The van der Waals surface area contributed by atoms with Crippen molar-refractivity contribution >= 4 is 21.5 Å². The van der Waals surface area contributed by atoms with Gasteiger partial charge in [-0.1, -0.05) is 71.0 Å². The van der Waals surface area contributed by atoms with Crippen LogP contribution >= 0.6 is 0 Å². The predicted octanol–water partition coefficient (Wildman–Crippen LogP) is 6.68. The SMILES string of the molecule is CC(C)(C)Cc1cc2ccnc3c2c(n1)C(C)(C)c1c-3ccc2ccccc12. The summed E-state index contributed by atoms with van der Waals surface area (Å²) < 4.78 is 0. The van der Waals surface area contributed by atoms with E-state index in [9.17, 15) is 0 Å². The third kappa shape index (κ3) is 2.47. The maximum Gasteiger partial charge on any atom is 0.0802 e. The molecule has 140 valence electrons. The number of benzene rings is 2. The van der Waals surface area contributed by atoms with Crippen molar-refractivity contribution in [1.29, 1.82) is 0 Å². The lowest BCUT2D eigenvalue weighted by molar-refractivity contribution is 0.405. The van der Waals surface area contributed by atoms with Crippen LogP contribution in [0.1, 0.15) is 51.6 Å². The second-order valence-corrected chi connectivity index (χ2v) is 9.79. The van der Waals surface area contributed by atoms with Gasteiger partial charge < -0.3 is 0 Å². The van der Waals surface area contributed by atoms with E-state index in [-0.39, 0.29) is 10.8 Å². The van der Waals surface area contributed by atoms with E-state index in [2.05, 4.69) is 83.1 Å². The first kappa shape index (κ1) is 17.4. The Labute approximate surface area is 166 Å². The molecule has 0 saturated heterocycles. The number of rotatable bonds is 1. The first-order valence-corrected chi connectivity index (χ1v) is 10.1. The second-order valence-electron chi connectivity index (χ2n) is 9.79. The first-order chi connectivity index (χ1) is 13.3. The van der Waals surface area contributed by atoms with Crippen LogP contribution in [0.15, 0.2) is 54.7 Å². The van der Waals surface area contributed by atoms with E-state index in [1.54, 1.807) is 0 Å². The maximum atomic E-state index is 5.24. The van der Waals surface area contributed by atoms with Gasteiger partial charge in [0.15, 0.2) is 0 Å². The monoisotopic (exact) mass is 366 g/mol. The normalized spacial score (nSPS) is 15.0. The van der Waals surface area contributed by atoms with Gasteiger partial charge in [0, 0.05) is 28.3 Å². The summed E-state index contributed by atoms with van der Waals surface area (Å²) in [5.74, 6) is 0. The molecule has 2 aromatic heterocycles. The molecule has 0 amide bonds. The van der Waals surface area contributed by atoms with E-state index in [1.807, 2.05) is 6.20 Å². The molecule has 0 spiro atoms. The molecule has 1 aliphatic rings. The van der Waals surface area contributed by atoms with E-state index in [0.717, 1.165) is 17.8 Å². The Balaban J connectivity index is 1.90. The molecule has 0 radical (unpaired) electrons. The van der Waals surface area contributed by atoms with Crippen molar-refractivity contribution in [3.8, 4) is 11.3 Å². The highest BCUT2D eigenvalue weighted by Crippen LogP contribution is 2.49. The molecule has 0 unspecified atom stereocenters. The number of hydrogen-bond acceptors (Lipinski definition) is 2. The minimum Gasteiger partial charge on any atom is -0.256 e. The third-order valence-corrected chi connectivity index (χ3v) is 5.91. The van der Waals surface area contributed by atoms with Gasteiger partial charge in [0.05, 0.1) is 11.4 Å². The minimum atomic E-state index is -0.182. The molecule has 0 aliphatic heterocycles. The summed E-state index contributed by atoms with van der Waals surface area (Å²) in [5, 5.41) is 5.04. The average molecular weight is 367 g/mol. The maximum absolute atomic E-state index is 5.24. The van der Waals surface area contributed by atoms with Crippen LogP contribution in [0.25, 0.3) is 32.8 Å². The highest BCUT2D eigenvalue weighted by atomic mass is 14.8. The van der Waals surface area contributed by atoms with Crippen molar-refractivity contribution in [3.63, 3.8) is 0 Å². The zero-order chi connectivity index (χ0) is 19.7. The van der Waals surface area contributed by atoms with Crippen molar-refractivity contribution < 1.29 is 0 Å². The molecule has 4 aromatic rings. The van der Waals surface area contributed by atoms with Crippen molar-refractivity contribution in [2.75, 3.05) is 0 Å². The Kier molecular flexibility index (Phi) is 3.49. The van der Waals surface area contributed by atoms with Crippen molar-refractivity contribution in [1.82, 2.24) is 9.97 Å². The van der Waals surface area contributed by atoms with Gasteiger partial charge in [0.2, 0.25) is 0 Å². The molecule has 5 rings (SSSR count). The van der Waals surface area contributed by atoms with Crippen LogP contribution < -0.4 is 0 Å². The molecule has 2 aromatic carbocycles. The second kappa shape index (κ2) is 5.64. The molecule has 0 saturated carbocycles. The van der Waals surface area contributed by atoms with Crippen LogP contribution in [0.3, 0.4) is 0 Å². The molecule has 0 fully saturated rings. The molecule has 0 bridgehead atoms. The lowest BCUT2D eigenvalue weighted by Crippen LogP contribution is -2.27.